The van der Waals surface area contributed by atoms with Crippen LogP contribution in [0, 0.1) is 17.7 Å². The Morgan fingerprint density at radius 1 is 1.07 bits per heavy atom. The lowest BCUT2D eigenvalue weighted by molar-refractivity contribution is -0.125. The molecule has 2 aromatic carbocycles. The minimum atomic E-state index is -0.216. The Morgan fingerprint density at radius 2 is 1.86 bits per heavy atom. The summed E-state index contributed by atoms with van der Waals surface area (Å²) in [5.41, 5.74) is 3.55. The van der Waals surface area contributed by atoms with Crippen molar-refractivity contribution in [2.24, 2.45) is 11.8 Å². The van der Waals surface area contributed by atoms with E-state index in [-0.39, 0.29) is 23.7 Å². The molecule has 3 aliphatic rings. The van der Waals surface area contributed by atoms with Gasteiger partial charge in [0.05, 0.1) is 12.0 Å². The fraction of sp³-hybridized carbons (Fsp3) is 0.435. The minimum absolute atomic E-state index is 0.0584. The van der Waals surface area contributed by atoms with Crippen molar-refractivity contribution in [3.05, 3.63) is 59.9 Å². The molecule has 5 rings (SSSR count). The normalized spacial score (nSPS) is 23.8. The molecule has 28 heavy (non-hydrogen) atoms. The average Bonchev–Trinajstić information content (AvgIpc) is 3.56. The average molecular weight is 379 g/mol. The van der Waals surface area contributed by atoms with Crippen LogP contribution in [0.2, 0.25) is 0 Å². The molecule has 5 heteroatoms. The van der Waals surface area contributed by atoms with E-state index in [0.717, 1.165) is 38.3 Å². The smallest absolute Gasteiger partial charge is 0.225 e. The van der Waals surface area contributed by atoms with Crippen molar-refractivity contribution in [2.75, 3.05) is 36.0 Å². The Balaban J connectivity index is 1.41. The molecule has 2 aromatic rings. The number of amides is 1. The van der Waals surface area contributed by atoms with E-state index < -0.39 is 0 Å². The molecule has 0 radical (unpaired) electrons. The third-order valence-electron chi connectivity index (χ3n) is 6.41. The van der Waals surface area contributed by atoms with Crippen molar-refractivity contribution >= 4 is 17.3 Å². The molecule has 0 unspecified atom stereocenters. The quantitative estimate of drug-likeness (QED) is 0.886. The van der Waals surface area contributed by atoms with E-state index in [0.29, 0.717) is 5.92 Å². The zero-order valence-electron chi connectivity index (χ0n) is 16.0. The molecule has 0 aromatic heterocycles. The van der Waals surface area contributed by atoms with Crippen LogP contribution in [-0.4, -0.2) is 38.1 Å². The number of rotatable bonds is 4. The lowest BCUT2D eigenvalue weighted by atomic mass is 9.83. The first-order chi connectivity index (χ1) is 13.7. The van der Waals surface area contributed by atoms with Gasteiger partial charge in [0, 0.05) is 37.6 Å². The van der Waals surface area contributed by atoms with E-state index in [1.165, 1.54) is 36.2 Å². The number of fused-ring (bicyclic) bond motifs is 3. The lowest BCUT2D eigenvalue weighted by Gasteiger charge is -2.49. The topological polar surface area (TPSA) is 35.6 Å². The van der Waals surface area contributed by atoms with E-state index in [4.69, 9.17) is 0 Å². The maximum absolute atomic E-state index is 13.3. The summed E-state index contributed by atoms with van der Waals surface area (Å²) in [6.45, 7) is 3.32. The van der Waals surface area contributed by atoms with Crippen molar-refractivity contribution < 1.29 is 9.18 Å². The summed E-state index contributed by atoms with van der Waals surface area (Å²) < 4.78 is 13.3. The van der Waals surface area contributed by atoms with E-state index in [1.54, 1.807) is 0 Å². The second kappa shape index (κ2) is 7.12. The zero-order valence-corrected chi connectivity index (χ0v) is 16.0. The van der Waals surface area contributed by atoms with Gasteiger partial charge in [-0.05, 0) is 61.1 Å². The molecule has 2 aliphatic heterocycles. The van der Waals surface area contributed by atoms with Crippen LogP contribution in [0.1, 0.15) is 18.4 Å². The number of halogens is 1. The van der Waals surface area contributed by atoms with Crippen molar-refractivity contribution in [3.8, 4) is 0 Å². The van der Waals surface area contributed by atoms with Crippen LogP contribution < -0.4 is 15.1 Å². The van der Waals surface area contributed by atoms with Gasteiger partial charge in [-0.15, -0.1) is 0 Å². The number of carbonyl (C=O) groups is 1. The van der Waals surface area contributed by atoms with Gasteiger partial charge in [0.2, 0.25) is 5.91 Å². The summed E-state index contributed by atoms with van der Waals surface area (Å²) in [7, 11) is 0. The molecule has 1 N–H and O–H groups in total. The van der Waals surface area contributed by atoms with Crippen molar-refractivity contribution in [1.82, 2.24) is 5.32 Å². The predicted molar refractivity (Wildman–Crippen MR) is 109 cm³/mol. The Hall–Kier alpha value is -2.56. The molecule has 0 spiro atoms. The summed E-state index contributed by atoms with van der Waals surface area (Å²) in [6.07, 6.45) is 3.26. The van der Waals surface area contributed by atoms with Crippen molar-refractivity contribution in [1.29, 1.82) is 0 Å². The minimum Gasteiger partial charge on any atom is -0.368 e. The number of nitrogens with zero attached hydrogens (tertiary/aromatic N) is 2. The Morgan fingerprint density at radius 3 is 2.64 bits per heavy atom. The first kappa shape index (κ1) is 17.5. The van der Waals surface area contributed by atoms with Crippen LogP contribution in [0.15, 0.2) is 48.5 Å². The van der Waals surface area contributed by atoms with Crippen molar-refractivity contribution in [3.63, 3.8) is 0 Å². The van der Waals surface area contributed by atoms with E-state index in [1.807, 2.05) is 12.1 Å². The highest BCUT2D eigenvalue weighted by Crippen LogP contribution is 2.37. The van der Waals surface area contributed by atoms with E-state index in [9.17, 15) is 9.18 Å². The number of nitrogens with one attached hydrogen (secondary N) is 1. The Kier molecular flexibility index (Phi) is 4.46. The molecule has 2 atom stereocenters. The Labute approximate surface area is 165 Å². The Bertz CT molecular complexity index is 864. The van der Waals surface area contributed by atoms with Crippen molar-refractivity contribution in [2.45, 2.75) is 25.3 Å². The molecule has 1 amide bonds. The van der Waals surface area contributed by atoms with E-state index in [2.05, 4.69) is 39.4 Å². The highest BCUT2D eigenvalue weighted by Gasteiger charge is 2.41. The third kappa shape index (κ3) is 3.34. The van der Waals surface area contributed by atoms with Crippen LogP contribution in [0.3, 0.4) is 0 Å². The molecule has 2 heterocycles. The zero-order chi connectivity index (χ0) is 19.1. The predicted octanol–water partition coefficient (Wildman–Crippen LogP) is 3.22. The largest absolute Gasteiger partial charge is 0.368 e. The summed E-state index contributed by atoms with van der Waals surface area (Å²) in [6, 6.07) is 15.3. The maximum Gasteiger partial charge on any atom is 0.225 e. The van der Waals surface area contributed by atoms with Gasteiger partial charge in [0.1, 0.15) is 5.82 Å². The standard InChI is InChI=1S/C23H26FN3O/c24-18-7-9-19(10-8-18)26-11-12-27-21-4-2-1-3-17(21)13-20(22(27)15-26)23(28)25-14-16-5-6-16/h1-4,7-10,16,20,22H,5-6,11-15H2,(H,25,28)/t20-,22+/m0/s1. The van der Waals surface area contributed by atoms with E-state index >= 15 is 0 Å². The van der Waals surface area contributed by atoms with Crippen LogP contribution >= 0.6 is 0 Å². The fourth-order valence-corrected chi connectivity index (χ4v) is 4.64. The SMILES string of the molecule is O=C(NCC1CC1)[C@H]1Cc2ccccc2N2CCN(c3ccc(F)cc3)C[C@H]12. The van der Waals surface area contributed by atoms with Gasteiger partial charge in [-0.1, -0.05) is 18.2 Å². The molecule has 1 saturated carbocycles. The van der Waals surface area contributed by atoms with Crippen LogP contribution in [0.25, 0.3) is 0 Å². The van der Waals surface area contributed by atoms with Gasteiger partial charge >= 0.3 is 0 Å². The lowest BCUT2D eigenvalue weighted by Crippen LogP contribution is -2.61. The number of piperazine rings is 1. The van der Waals surface area contributed by atoms with Crippen LogP contribution in [-0.2, 0) is 11.2 Å². The molecular formula is C23H26FN3O. The summed E-state index contributed by atoms with van der Waals surface area (Å²) >= 11 is 0. The van der Waals surface area contributed by atoms with Gasteiger partial charge in [-0.2, -0.15) is 0 Å². The first-order valence-corrected chi connectivity index (χ1v) is 10.3. The molecule has 4 nitrogen and oxygen atoms in total. The number of para-hydroxylation sites is 1. The number of hydrogen-bond acceptors (Lipinski definition) is 3. The highest BCUT2D eigenvalue weighted by atomic mass is 19.1. The van der Waals surface area contributed by atoms with Gasteiger partial charge in [0.25, 0.3) is 0 Å². The maximum atomic E-state index is 13.3. The van der Waals surface area contributed by atoms with Crippen LogP contribution in [0.4, 0.5) is 15.8 Å². The molecular weight excluding hydrogens is 353 g/mol. The fourth-order valence-electron chi connectivity index (χ4n) is 4.64. The highest BCUT2D eigenvalue weighted by molar-refractivity contribution is 5.82. The molecule has 1 aliphatic carbocycles. The first-order valence-electron chi connectivity index (χ1n) is 10.3. The number of benzene rings is 2. The second-order valence-electron chi connectivity index (χ2n) is 8.31. The summed E-state index contributed by atoms with van der Waals surface area (Å²) in [5, 5.41) is 3.21. The molecule has 2 fully saturated rings. The number of anilines is 2. The summed E-state index contributed by atoms with van der Waals surface area (Å²) in [4.78, 5) is 17.8. The third-order valence-corrected chi connectivity index (χ3v) is 6.41. The molecule has 146 valence electrons. The monoisotopic (exact) mass is 379 g/mol. The number of carbonyl (C=O) groups excluding carboxylic acids is 1. The number of hydrogen-bond donors (Lipinski definition) is 1. The van der Waals surface area contributed by atoms with Crippen LogP contribution in [0.5, 0.6) is 0 Å². The molecule has 1 saturated heterocycles. The molecule has 0 bridgehead atoms. The van der Waals surface area contributed by atoms with Gasteiger partial charge < -0.3 is 15.1 Å². The van der Waals surface area contributed by atoms with Gasteiger partial charge in [-0.25, -0.2) is 4.39 Å². The van der Waals surface area contributed by atoms with Gasteiger partial charge in [0.15, 0.2) is 0 Å². The second-order valence-corrected chi connectivity index (χ2v) is 8.31. The summed E-state index contributed by atoms with van der Waals surface area (Å²) in [5.74, 6) is 0.582. The van der Waals surface area contributed by atoms with Gasteiger partial charge in [-0.3, -0.25) is 4.79 Å².